The van der Waals surface area contributed by atoms with Gasteiger partial charge in [-0.15, -0.1) is 0 Å². The maximum atomic E-state index is 12.1. The van der Waals surface area contributed by atoms with Gasteiger partial charge in [0.25, 0.3) is 0 Å². The van der Waals surface area contributed by atoms with E-state index in [9.17, 15) is 8.42 Å². The topological polar surface area (TPSA) is 46.2 Å². The van der Waals surface area contributed by atoms with Crippen LogP contribution < -0.4 is 4.72 Å². The molecule has 0 spiro atoms. The number of nitrogens with one attached hydrogen (secondary N) is 1. The Labute approximate surface area is 135 Å². The fourth-order valence-electron chi connectivity index (χ4n) is 2.39. The Kier molecular flexibility index (Phi) is 4.34. The van der Waals surface area contributed by atoms with Crippen molar-refractivity contribution < 1.29 is 8.42 Å². The van der Waals surface area contributed by atoms with Crippen molar-refractivity contribution in [3.05, 3.63) is 76.2 Å². The molecule has 3 rings (SSSR count). The zero-order valence-electron chi connectivity index (χ0n) is 11.8. The van der Waals surface area contributed by atoms with Crippen molar-refractivity contribution in [2.24, 2.45) is 0 Å². The summed E-state index contributed by atoms with van der Waals surface area (Å²) < 4.78 is 26.9. The Morgan fingerprint density at radius 3 is 2.41 bits per heavy atom. The van der Waals surface area contributed by atoms with Crippen LogP contribution in [0.5, 0.6) is 0 Å². The molecule has 22 heavy (non-hydrogen) atoms. The van der Waals surface area contributed by atoms with Crippen molar-refractivity contribution in [1.29, 1.82) is 0 Å². The van der Waals surface area contributed by atoms with E-state index in [2.05, 4.69) is 4.72 Å². The molecule has 2 aromatic rings. The molecule has 2 atom stereocenters. The first-order valence-corrected chi connectivity index (χ1v) is 8.97. The Hall–Kier alpha value is -1.62. The Morgan fingerprint density at radius 2 is 1.73 bits per heavy atom. The van der Waals surface area contributed by atoms with Gasteiger partial charge in [-0.2, -0.15) is 0 Å². The van der Waals surface area contributed by atoms with Crippen molar-refractivity contribution in [3.63, 3.8) is 0 Å². The average molecular weight is 334 g/mol. The Morgan fingerprint density at radius 1 is 1.05 bits per heavy atom. The first-order valence-electron chi connectivity index (χ1n) is 7.04. The van der Waals surface area contributed by atoms with E-state index >= 15 is 0 Å². The number of hydrogen-bond donors (Lipinski definition) is 1. The molecule has 1 fully saturated rings. The third kappa shape index (κ3) is 3.97. The van der Waals surface area contributed by atoms with E-state index in [1.54, 1.807) is 30.3 Å². The summed E-state index contributed by atoms with van der Waals surface area (Å²) in [5.74, 6) is 0.278. The van der Waals surface area contributed by atoms with Gasteiger partial charge in [0.2, 0.25) is 10.0 Å². The van der Waals surface area contributed by atoms with Gasteiger partial charge < -0.3 is 0 Å². The van der Waals surface area contributed by atoms with Crippen LogP contribution in [0.1, 0.15) is 23.5 Å². The minimum absolute atomic E-state index is 0.0118. The summed E-state index contributed by atoms with van der Waals surface area (Å²) in [4.78, 5) is 0. The molecule has 5 heteroatoms. The fourth-order valence-corrected chi connectivity index (χ4v) is 3.61. The maximum absolute atomic E-state index is 12.1. The molecule has 0 saturated heterocycles. The average Bonchev–Trinajstić information content (AvgIpc) is 3.26. The number of hydrogen-bond acceptors (Lipinski definition) is 2. The van der Waals surface area contributed by atoms with Crippen LogP contribution in [0, 0.1) is 0 Å². The van der Waals surface area contributed by atoms with Crippen molar-refractivity contribution in [2.75, 3.05) is 0 Å². The van der Waals surface area contributed by atoms with E-state index in [-0.39, 0.29) is 12.0 Å². The molecule has 2 aromatic carbocycles. The van der Waals surface area contributed by atoms with E-state index in [1.807, 2.05) is 30.3 Å². The second-order valence-corrected chi connectivity index (χ2v) is 7.41. The highest BCUT2D eigenvalue weighted by atomic mass is 35.5. The minimum atomic E-state index is -3.43. The highest BCUT2D eigenvalue weighted by Crippen LogP contribution is 2.41. The largest absolute Gasteiger partial charge is 0.234 e. The van der Waals surface area contributed by atoms with E-state index in [0.717, 1.165) is 12.0 Å². The van der Waals surface area contributed by atoms with Crippen LogP contribution in [0.15, 0.2) is 60.0 Å². The SMILES string of the molecule is O=S(=O)(/C=C/c1ccc(Cl)cc1)N[C@H]1C[C@@H]1c1ccccc1. The molecule has 1 aliphatic rings. The number of rotatable bonds is 5. The molecule has 1 saturated carbocycles. The zero-order valence-corrected chi connectivity index (χ0v) is 13.4. The number of sulfonamides is 1. The monoisotopic (exact) mass is 333 g/mol. The Balaban J connectivity index is 1.62. The summed E-state index contributed by atoms with van der Waals surface area (Å²) in [5, 5.41) is 1.83. The predicted octanol–water partition coefficient (Wildman–Crippen LogP) is 3.79. The van der Waals surface area contributed by atoms with Gasteiger partial charge in [-0.1, -0.05) is 54.1 Å². The zero-order chi connectivity index (χ0) is 15.6. The smallest absolute Gasteiger partial charge is 0.208 e. The molecule has 0 bridgehead atoms. The lowest BCUT2D eigenvalue weighted by Gasteiger charge is -2.02. The molecular weight excluding hydrogens is 318 g/mol. The van der Waals surface area contributed by atoms with Gasteiger partial charge >= 0.3 is 0 Å². The van der Waals surface area contributed by atoms with E-state index in [0.29, 0.717) is 5.02 Å². The number of benzene rings is 2. The fraction of sp³-hybridized carbons (Fsp3) is 0.176. The highest BCUT2D eigenvalue weighted by molar-refractivity contribution is 7.92. The molecule has 1 aliphatic carbocycles. The quantitative estimate of drug-likeness (QED) is 0.905. The summed E-state index contributed by atoms with van der Waals surface area (Å²) in [6.45, 7) is 0. The Bertz CT molecular complexity index is 770. The minimum Gasteiger partial charge on any atom is -0.208 e. The molecule has 0 aliphatic heterocycles. The van der Waals surface area contributed by atoms with Gasteiger partial charge in [0, 0.05) is 22.4 Å². The molecule has 0 radical (unpaired) electrons. The molecular formula is C17H16ClNO2S. The van der Waals surface area contributed by atoms with Gasteiger partial charge in [-0.25, -0.2) is 13.1 Å². The molecule has 0 unspecified atom stereocenters. The first-order chi connectivity index (χ1) is 10.5. The molecule has 3 nitrogen and oxygen atoms in total. The summed E-state index contributed by atoms with van der Waals surface area (Å²) in [6.07, 6.45) is 2.41. The van der Waals surface area contributed by atoms with Crippen molar-refractivity contribution in [2.45, 2.75) is 18.4 Å². The van der Waals surface area contributed by atoms with E-state index < -0.39 is 10.0 Å². The van der Waals surface area contributed by atoms with E-state index in [4.69, 9.17) is 11.6 Å². The lowest BCUT2D eigenvalue weighted by molar-refractivity contribution is 0.589. The third-order valence-electron chi connectivity index (χ3n) is 3.64. The van der Waals surface area contributed by atoms with E-state index in [1.165, 1.54) is 11.0 Å². The standard InChI is InChI=1S/C17H16ClNO2S/c18-15-8-6-13(7-9-15)10-11-22(20,21)19-17-12-16(17)14-4-2-1-3-5-14/h1-11,16-17,19H,12H2/b11-10+/t16-,17+/m1/s1. The molecule has 1 N–H and O–H groups in total. The number of halogens is 1. The molecule has 114 valence electrons. The van der Waals surface area contributed by atoms with Gasteiger partial charge in [0.1, 0.15) is 0 Å². The molecule has 0 amide bonds. The van der Waals surface area contributed by atoms with Crippen LogP contribution in [-0.4, -0.2) is 14.5 Å². The van der Waals surface area contributed by atoms with Crippen LogP contribution in [-0.2, 0) is 10.0 Å². The summed E-state index contributed by atoms with van der Waals surface area (Å²) >= 11 is 5.80. The lowest BCUT2D eigenvalue weighted by Crippen LogP contribution is -2.24. The van der Waals surface area contributed by atoms with Crippen LogP contribution in [0.25, 0.3) is 6.08 Å². The molecule has 0 heterocycles. The summed E-state index contributed by atoms with van der Waals surface area (Å²) in [5.41, 5.74) is 1.97. The summed E-state index contributed by atoms with van der Waals surface area (Å²) in [7, 11) is -3.43. The van der Waals surface area contributed by atoms with Crippen LogP contribution in [0.2, 0.25) is 5.02 Å². The summed E-state index contributed by atoms with van der Waals surface area (Å²) in [6, 6.07) is 17.0. The second kappa shape index (κ2) is 6.24. The van der Waals surface area contributed by atoms with Gasteiger partial charge in [0.05, 0.1) is 0 Å². The third-order valence-corrected chi connectivity index (χ3v) is 5.02. The molecule has 0 aromatic heterocycles. The first kappa shape index (κ1) is 15.3. The highest BCUT2D eigenvalue weighted by Gasteiger charge is 2.40. The van der Waals surface area contributed by atoms with Gasteiger partial charge in [-0.3, -0.25) is 0 Å². The van der Waals surface area contributed by atoms with Crippen molar-refractivity contribution in [3.8, 4) is 0 Å². The van der Waals surface area contributed by atoms with Gasteiger partial charge in [-0.05, 0) is 35.8 Å². The van der Waals surface area contributed by atoms with Crippen molar-refractivity contribution in [1.82, 2.24) is 4.72 Å². The van der Waals surface area contributed by atoms with Gasteiger partial charge in [0.15, 0.2) is 0 Å². The second-order valence-electron chi connectivity index (χ2n) is 5.38. The predicted molar refractivity (Wildman–Crippen MR) is 90.1 cm³/mol. The maximum Gasteiger partial charge on any atom is 0.234 e. The van der Waals surface area contributed by atoms with Crippen molar-refractivity contribution >= 4 is 27.7 Å². The lowest BCUT2D eigenvalue weighted by atomic mass is 10.1. The van der Waals surface area contributed by atoms with Crippen LogP contribution in [0.3, 0.4) is 0 Å². The van der Waals surface area contributed by atoms with Crippen LogP contribution >= 0.6 is 11.6 Å². The normalized spacial score (nSPS) is 21.1. The van der Waals surface area contributed by atoms with Crippen LogP contribution in [0.4, 0.5) is 0 Å².